The molecule has 0 radical (unpaired) electrons. The van der Waals surface area contributed by atoms with Crippen LogP contribution in [0.2, 0.25) is 10.0 Å². The molecule has 1 aromatic heterocycles. The van der Waals surface area contributed by atoms with Crippen molar-refractivity contribution in [1.82, 2.24) is 15.1 Å². The van der Waals surface area contributed by atoms with Crippen LogP contribution in [0.4, 0.5) is 0 Å². The van der Waals surface area contributed by atoms with Gasteiger partial charge in [0.1, 0.15) is 17.1 Å². The molecule has 0 fully saturated rings. The number of hydrogen-bond donors (Lipinski definition) is 2. The second kappa shape index (κ2) is 7.47. The van der Waals surface area contributed by atoms with Crippen LogP contribution in [0, 0.1) is 0 Å². The lowest BCUT2D eigenvalue weighted by Gasteiger charge is -2.26. The van der Waals surface area contributed by atoms with Gasteiger partial charge >= 0.3 is 0 Å². The van der Waals surface area contributed by atoms with Gasteiger partial charge in [-0.25, -0.2) is 0 Å². The first-order chi connectivity index (χ1) is 13.5. The average Bonchev–Trinajstić information content (AvgIpc) is 3.22. The molecule has 0 spiro atoms. The molecule has 0 aliphatic carbocycles. The SMILES string of the molecule is COCCN1C(=O)c2[nH]nc(-c3ccccc3O)c2[C@@H]1c1ccc(Cl)c(Cl)c1. The largest absolute Gasteiger partial charge is 0.507 e. The molecule has 4 rings (SSSR count). The predicted octanol–water partition coefficient (Wildman–Crippen LogP) is 4.28. The van der Waals surface area contributed by atoms with Gasteiger partial charge in [-0.15, -0.1) is 0 Å². The van der Waals surface area contributed by atoms with Gasteiger partial charge < -0.3 is 14.7 Å². The molecule has 1 amide bonds. The molecule has 0 bridgehead atoms. The standard InChI is InChI=1S/C20H17Cl2N3O3/c1-28-9-8-25-19(11-6-7-13(21)14(22)10-11)16-17(23-24-18(16)20(25)27)12-4-2-3-5-15(12)26/h2-7,10,19,26H,8-9H2,1H3,(H,23,24)/t19-/m0/s1. The molecule has 8 heteroatoms. The van der Waals surface area contributed by atoms with E-state index in [0.717, 1.165) is 5.56 Å². The number of halogens is 2. The van der Waals surface area contributed by atoms with Gasteiger partial charge in [0.05, 0.1) is 22.7 Å². The van der Waals surface area contributed by atoms with Crippen molar-refractivity contribution < 1.29 is 14.6 Å². The molecule has 0 unspecified atom stereocenters. The Morgan fingerprint density at radius 1 is 1.21 bits per heavy atom. The smallest absolute Gasteiger partial charge is 0.273 e. The van der Waals surface area contributed by atoms with E-state index in [1.54, 1.807) is 42.3 Å². The first-order valence-electron chi connectivity index (χ1n) is 8.64. The Labute approximate surface area is 171 Å². The topological polar surface area (TPSA) is 78.5 Å². The number of carbonyl (C=O) groups is 1. The molecule has 6 nitrogen and oxygen atoms in total. The van der Waals surface area contributed by atoms with Crippen molar-refractivity contribution in [2.75, 3.05) is 20.3 Å². The van der Waals surface area contributed by atoms with E-state index < -0.39 is 6.04 Å². The summed E-state index contributed by atoms with van der Waals surface area (Å²) in [5.74, 6) is -0.0928. The highest BCUT2D eigenvalue weighted by molar-refractivity contribution is 6.42. The number of H-pyrrole nitrogens is 1. The lowest BCUT2D eigenvalue weighted by molar-refractivity contribution is 0.0677. The molecule has 2 heterocycles. The number of methoxy groups -OCH3 is 1. The summed E-state index contributed by atoms with van der Waals surface area (Å²) in [4.78, 5) is 14.7. The van der Waals surface area contributed by atoms with Crippen molar-refractivity contribution in [3.63, 3.8) is 0 Å². The zero-order valence-corrected chi connectivity index (χ0v) is 16.5. The Bertz CT molecular complexity index is 1050. The van der Waals surface area contributed by atoms with Gasteiger partial charge in [0.2, 0.25) is 0 Å². The molecule has 3 aromatic rings. The first kappa shape index (κ1) is 18.8. The van der Waals surface area contributed by atoms with E-state index in [2.05, 4.69) is 10.2 Å². The van der Waals surface area contributed by atoms with E-state index in [-0.39, 0.29) is 11.7 Å². The molecule has 2 N–H and O–H groups in total. The molecule has 144 valence electrons. The predicted molar refractivity (Wildman–Crippen MR) is 107 cm³/mol. The van der Waals surface area contributed by atoms with E-state index in [1.807, 2.05) is 12.1 Å². The molecule has 28 heavy (non-hydrogen) atoms. The third-order valence-corrected chi connectivity index (χ3v) is 5.56. The Hall–Kier alpha value is -2.54. The monoisotopic (exact) mass is 417 g/mol. The Kier molecular flexibility index (Phi) is 5.02. The fourth-order valence-electron chi connectivity index (χ4n) is 3.53. The van der Waals surface area contributed by atoms with Crippen LogP contribution < -0.4 is 0 Å². The van der Waals surface area contributed by atoms with Gasteiger partial charge in [-0.05, 0) is 29.8 Å². The number of aromatic hydroxyl groups is 1. The molecule has 0 saturated heterocycles. The summed E-state index contributed by atoms with van der Waals surface area (Å²) in [5.41, 5.74) is 2.96. The van der Waals surface area contributed by atoms with Crippen molar-refractivity contribution in [3.8, 4) is 17.0 Å². The number of hydrogen-bond acceptors (Lipinski definition) is 4. The van der Waals surface area contributed by atoms with Gasteiger partial charge in [0, 0.05) is 24.8 Å². The number of nitrogens with zero attached hydrogens (tertiary/aromatic N) is 2. The number of phenolic OH excluding ortho intramolecular Hbond substituents is 1. The normalized spacial score (nSPS) is 15.9. The fraction of sp³-hybridized carbons (Fsp3) is 0.200. The molecule has 1 aliphatic heterocycles. The van der Waals surface area contributed by atoms with E-state index in [1.165, 1.54) is 0 Å². The quantitative estimate of drug-likeness (QED) is 0.649. The highest BCUT2D eigenvalue weighted by Gasteiger charge is 2.42. The van der Waals surface area contributed by atoms with Crippen molar-refractivity contribution in [1.29, 1.82) is 0 Å². The lowest BCUT2D eigenvalue weighted by Crippen LogP contribution is -2.32. The van der Waals surface area contributed by atoms with Crippen molar-refractivity contribution in [3.05, 3.63) is 69.3 Å². The van der Waals surface area contributed by atoms with Gasteiger partial charge in [-0.3, -0.25) is 9.89 Å². The van der Waals surface area contributed by atoms with Crippen molar-refractivity contribution in [2.24, 2.45) is 0 Å². The summed E-state index contributed by atoms with van der Waals surface area (Å²) in [6.45, 7) is 0.774. The third-order valence-electron chi connectivity index (χ3n) is 4.82. The van der Waals surface area contributed by atoms with Crippen molar-refractivity contribution >= 4 is 29.1 Å². The molecular weight excluding hydrogens is 401 g/mol. The molecular formula is C20H17Cl2N3O3. The summed E-state index contributed by atoms with van der Waals surface area (Å²) in [7, 11) is 1.59. The number of nitrogens with one attached hydrogen (secondary N) is 1. The maximum absolute atomic E-state index is 13.0. The number of carbonyl (C=O) groups excluding carboxylic acids is 1. The number of ether oxygens (including phenoxy) is 1. The van der Waals surface area contributed by atoms with Crippen molar-refractivity contribution in [2.45, 2.75) is 6.04 Å². The van der Waals surface area contributed by atoms with Crippen LogP contribution in [0.15, 0.2) is 42.5 Å². The molecule has 0 saturated carbocycles. The van der Waals surface area contributed by atoms with Crippen LogP contribution in [0.5, 0.6) is 5.75 Å². The maximum Gasteiger partial charge on any atom is 0.273 e. The van der Waals surface area contributed by atoms with Crippen LogP contribution in [0.3, 0.4) is 0 Å². The van der Waals surface area contributed by atoms with Gasteiger partial charge in [0.25, 0.3) is 5.91 Å². The maximum atomic E-state index is 13.0. The Balaban J connectivity index is 1.90. The van der Waals surface area contributed by atoms with E-state index >= 15 is 0 Å². The summed E-state index contributed by atoms with van der Waals surface area (Å²) in [6.07, 6.45) is 0. The van der Waals surface area contributed by atoms with E-state index in [0.29, 0.717) is 45.7 Å². The number of aromatic nitrogens is 2. The number of amides is 1. The summed E-state index contributed by atoms with van der Waals surface area (Å²) in [6, 6.07) is 11.8. The van der Waals surface area contributed by atoms with Gasteiger partial charge in [0.15, 0.2) is 0 Å². The number of aromatic amines is 1. The second-order valence-electron chi connectivity index (χ2n) is 6.45. The molecule has 1 atom stereocenters. The Morgan fingerprint density at radius 2 is 2.00 bits per heavy atom. The summed E-state index contributed by atoms with van der Waals surface area (Å²) < 4.78 is 5.18. The highest BCUT2D eigenvalue weighted by atomic mass is 35.5. The van der Waals surface area contributed by atoms with Gasteiger partial charge in [-0.2, -0.15) is 5.10 Å². The minimum atomic E-state index is -0.430. The zero-order valence-electron chi connectivity index (χ0n) is 14.9. The number of fused-ring (bicyclic) bond motifs is 1. The number of rotatable bonds is 5. The fourth-order valence-corrected chi connectivity index (χ4v) is 3.83. The second-order valence-corrected chi connectivity index (χ2v) is 7.26. The van der Waals surface area contributed by atoms with E-state index in [9.17, 15) is 9.90 Å². The van der Waals surface area contributed by atoms with Crippen LogP contribution in [-0.4, -0.2) is 46.4 Å². The van der Waals surface area contributed by atoms with Crippen LogP contribution in [0.25, 0.3) is 11.3 Å². The van der Waals surface area contributed by atoms with Gasteiger partial charge in [-0.1, -0.05) is 41.4 Å². The molecule has 1 aliphatic rings. The van der Waals surface area contributed by atoms with E-state index in [4.69, 9.17) is 27.9 Å². The number of phenols is 1. The number of benzene rings is 2. The first-order valence-corrected chi connectivity index (χ1v) is 9.40. The average molecular weight is 418 g/mol. The Morgan fingerprint density at radius 3 is 2.71 bits per heavy atom. The third kappa shape index (κ3) is 3.03. The summed E-state index contributed by atoms with van der Waals surface area (Å²) in [5, 5.41) is 18.3. The number of para-hydroxylation sites is 1. The van der Waals surface area contributed by atoms with Crippen LogP contribution in [0.1, 0.15) is 27.7 Å². The highest BCUT2D eigenvalue weighted by Crippen LogP contribution is 2.45. The molecule has 2 aromatic carbocycles. The summed E-state index contributed by atoms with van der Waals surface area (Å²) >= 11 is 12.3. The van der Waals surface area contributed by atoms with Crippen LogP contribution >= 0.6 is 23.2 Å². The zero-order chi connectivity index (χ0) is 19.8. The minimum absolute atomic E-state index is 0.0903. The lowest BCUT2D eigenvalue weighted by atomic mass is 9.96. The minimum Gasteiger partial charge on any atom is -0.507 e. The van der Waals surface area contributed by atoms with Crippen LogP contribution in [-0.2, 0) is 4.74 Å².